The van der Waals surface area contributed by atoms with E-state index in [2.05, 4.69) is 30.3 Å². The maximum atomic E-state index is 12.3. The van der Waals surface area contributed by atoms with Gasteiger partial charge in [0, 0.05) is 23.0 Å². The summed E-state index contributed by atoms with van der Waals surface area (Å²) in [6, 6.07) is 13.5. The maximum Gasteiger partial charge on any atom is 0.573 e. The van der Waals surface area contributed by atoms with Gasteiger partial charge in [0.25, 0.3) is 0 Å². The number of nitrogens with one attached hydrogen (secondary N) is 2. The Morgan fingerprint density at radius 1 is 0.906 bits per heavy atom. The van der Waals surface area contributed by atoms with Gasteiger partial charge in [0.15, 0.2) is 0 Å². The van der Waals surface area contributed by atoms with Gasteiger partial charge in [-0.05, 0) is 48.5 Å². The lowest BCUT2D eigenvalue weighted by atomic mass is 10.2. The van der Waals surface area contributed by atoms with Crippen molar-refractivity contribution in [2.75, 3.05) is 10.6 Å². The molecule has 2 aromatic carbocycles. The Hall–Kier alpha value is -4.48. The van der Waals surface area contributed by atoms with Crippen LogP contribution in [0.3, 0.4) is 0 Å². The van der Waals surface area contributed by atoms with Crippen molar-refractivity contribution in [1.82, 2.24) is 15.0 Å². The van der Waals surface area contributed by atoms with E-state index in [1.165, 1.54) is 12.1 Å². The van der Waals surface area contributed by atoms with Crippen LogP contribution in [-0.2, 0) is 0 Å². The third-order valence-corrected chi connectivity index (χ3v) is 4.25. The van der Waals surface area contributed by atoms with Crippen LogP contribution in [0, 0.1) is 10.1 Å². The zero-order valence-corrected chi connectivity index (χ0v) is 16.0. The van der Waals surface area contributed by atoms with Crippen LogP contribution in [0.15, 0.2) is 67.1 Å². The third kappa shape index (κ3) is 4.64. The molecule has 0 aliphatic rings. The molecule has 2 aromatic heterocycles. The van der Waals surface area contributed by atoms with Crippen molar-refractivity contribution < 1.29 is 22.8 Å². The minimum atomic E-state index is -4.82. The fourth-order valence-electron chi connectivity index (χ4n) is 2.95. The number of alkyl halides is 3. The average Bonchev–Trinajstić information content (AvgIpc) is 2.74. The number of benzene rings is 2. The van der Waals surface area contributed by atoms with E-state index in [9.17, 15) is 23.3 Å². The fraction of sp³-hybridized carbons (Fsp3) is 0.0500. The summed E-state index contributed by atoms with van der Waals surface area (Å²) in [5, 5.41) is 18.2. The molecule has 0 saturated heterocycles. The number of aromatic nitrogens is 3. The highest BCUT2D eigenvalue weighted by molar-refractivity contribution is 5.93. The van der Waals surface area contributed by atoms with Crippen molar-refractivity contribution in [3.05, 3.63) is 77.2 Å². The van der Waals surface area contributed by atoms with Gasteiger partial charge in [-0.1, -0.05) is 6.07 Å². The highest BCUT2D eigenvalue weighted by Crippen LogP contribution is 2.35. The van der Waals surface area contributed by atoms with Crippen LogP contribution < -0.4 is 15.4 Å². The van der Waals surface area contributed by atoms with Crippen molar-refractivity contribution in [2.24, 2.45) is 0 Å². The summed E-state index contributed by atoms with van der Waals surface area (Å²) in [5.41, 5.74) is 1.07. The quantitative estimate of drug-likeness (QED) is 0.305. The van der Waals surface area contributed by atoms with Gasteiger partial charge in [0.1, 0.15) is 12.1 Å². The molecule has 4 rings (SSSR count). The van der Waals surface area contributed by atoms with Crippen LogP contribution in [0.4, 0.5) is 41.9 Å². The molecule has 0 radical (unpaired) electrons. The van der Waals surface area contributed by atoms with E-state index in [0.29, 0.717) is 11.2 Å². The lowest BCUT2D eigenvalue weighted by molar-refractivity contribution is -0.383. The van der Waals surface area contributed by atoms with E-state index >= 15 is 0 Å². The molecule has 0 spiro atoms. The summed E-state index contributed by atoms with van der Waals surface area (Å²) >= 11 is 0. The van der Waals surface area contributed by atoms with Gasteiger partial charge in [-0.25, -0.2) is 9.97 Å². The Kier molecular flexibility index (Phi) is 5.41. The van der Waals surface area contributed by atoms with Crippen LogP contribution in [0.2, 0.25) is 0 Å². The van der Waals surface area contributed by atoms with Crippen LogP contribution in [0.25, 0.3) is 10.9 Å². The first-order chi connectivity index (χ1) is 15.3. The number of halogens is 3. The molecule has 2 heterocycles. The first-order valence-electron chi connectivity index (χ1n) is 9.03. The van der Waals surface area contributed by atoms with Crippen LogP contribution in [-0.4, -0.2) is 26.2 Å². The molecular weight excluding hydrogens is 429 g/mol. The molecule has 0 fully saturated rings. The van der Waals surface area contributed by atoms with E-state index in [1.807, 2.05) is 0 Å². The lowest BCUT2D eigenvalue weighted by Crippen LogP contribution is -2.17. The van der Waals surface area contributed by atoms with E-state index < -0.39 is 22.7 Å². The number of fused-ring (bicyclic) bond motifs is 1. The largest absolute Gasteiger partial charge is 0.573 e. The number of rotatable bonds is 6. The van der Waals surface area contributed by atoms with Crippen molar-refractivity contribution in [3.8, 4) is 5.75 Å². The van der Waals surface area contributed by atoms with Gasteiger partial charge >= 0.3 is 12.0 Å². The van der Waals surface area contributed by atoms with Gasteiger partial charge in [-0.3, -0.25) is 15.1 Å². The number of hydrogen-bond acceptors (Lipinski definition) is 8. The van der Waals surface area contributed by atoms with Crippen molar-refractivity contribution in [1.29, 1.82) is 0 Å². The molecule has 0 amide bonds. The second kappa shape index (κ2) is 8.34. The lowest BCUT2D eigenvalue weighted by Gasteiger charge is -2.12. The SMILES string of the molecule is O=[N+]([O-])c1c(Nc2ccc(OC(F)(F)F)cc2)ncnc1Nc1cccc2ncccc12. The summed E-state index contributed by atoms with van der Waals surface area (Å²) in [6.45, 7) is 0. The topological polar surface area (TPSA) is 115 Å². The Labute approximate surface area is 178 Å². The van der Waals surface area contributed by atoms with Crippen LogP contribution >= 0.6 is 0 Å². The molecule has 4 aromatic rings. The predicted octanol–water partition coefficient (Wildman–Crippen LogP) is 5.32. The van der Waals surface area contributed by atoms with Crippen molar-refractivity contribution >= 4 is 39.6 Å². The van der Waals surface area contributed by atoms with E-state index in [-0.39, 0.29) is 17.3 Å². The van der Waals surface area contributed by atoms with Gasteiger partial charge in [-0.15, -0.1) is 13.2 Å². The predicted molar refractivity (Wildman–Crippen MR) is 110 cm³/mol. The van der Waals surface area contributed by atoms with Gasteiger partial charge in [0.05, 0.1) is 10.4 Å². The first-order valence-corrected chi connectivity index (χ1v) is 9.03. The Morgan fingerprint density at radius 2 is 1.62 bits per heavy atom. The summed E-state index contributed by atoms with van der Waals surface area (Å²) in [5.74, 6) is -0.636. The molecule has 0 unspecified atom stereocenters. The van der Waals surface area contributed by atoms with E-state index in [1.54, 1.807) is 36.5 Å². The summed E-state index contributed by atoms with van der Waals surface area (Å²) < 4.78 is 40.7. The summed E-state index contributed by atoms with van der Waals surface area (Å²) in [7, 11) is 0. The number of nitrogens with zero attached hydrogens (tertiary/aromatic N) is 4. The first kappa shape index (κ1) is 20.8. The average molecular weight is 442 g/mol. The molecular formula is C20H13F3N6O3. The summed E-state index contributed by atoms with van der Waals surface area (Å²) in [6.07, 6.45) is -2.06. The van der Waals surface area contributed by atoms with Crippen LogP contribution in [0.5, 0.6) is 5.75 Å². The molecule has 0 aliphatic heterocycles. The highest BCUT2D eigenvalue weighted by atomic mass is 19.4. The fourth-order valence-corrected chi connectivity index (χ4v) is 2.95. The Balaban J connectivity index is 1.65. The number of anilines is 4. The van der Waals surface area contributed by atoms with Gasteiger partial charge in [0.2, 0.25) is 11.6 Å². The summed E-state index contributed by atoms with van der Waals surface area (Å²) in [4.78, 5) is 23.3. The Morgan fingerprint density at radius 3 is 2.31 bits per heavy atom. The minimum Gasteiger partial charge on any atom is -0.406 e. The monoisotopic (exact) mass is 442 g/mol. The number of nitro groups is 1. The van der Waals surface area contributed by atoms with Crippen LogP contribution in [0.1, 0.15) is 0 Å². The van der Waals surface area contributed by atoms with Gasteiger partial charge in [-0.2, -0.15) is 0 Å². The zero-order chi connectivity index (χ0) is 22.7. The smallest absolute Gasteiger partial charge is 0.406 e. The molecule has 9 nitrogen and oxygen atoms in total. The zero-order valence-electron chi connectivity index (χ0n) is 16.0. The molecule has 162 valence electrons. The number of ether oxygens (including phenoxy) is 1. The second-order valence-corrected chi connectivity index (χ2v) is 6.37. The van der Waals surface area contributed by atoms with Crippen molar-refractivity contribution in [3.63, 3.8) is 0 Å². The molecule has 0 atom stereocenters. The number of hydrogen-bond donors (Lipinski definition) is 2. The normalized spacial score (nSPS) is 11.2. The second-order valence-electron chi connectivity index (χ2n) is 6.37. The molecule has 12 heteroatoms. The van der Waals surface area contributed by atoms with E-state index in [0.717, 1.165) is 23.8 Å². The van der Waals surface area contributed by atoms with Crippen molar-refractivity contribution in [2.45, 2.75) is 6.36 Å². The molecule has 0 aliphatic carbocycles. The standard InChI is InChI=1S/C20H13F3N6O3/c21-20(22,23)32-13-8-6-12(7-9-13)27-18-17(29(30)31)19(26-11-25-18)28-16-5-1-4-15-14(16)3-2-10-24-15/h1-11H,(H2,25,26,27,28). The number of pyridine rings is 1. The molecule has 0 bridgehead atoms. The third-order valence-electron chi connectivity index (χ3n) is 4.25. The molecule has 0 saturated carbocycles. The van der Waals surface area contributed by atoms with Gasteiger partial charge < -0.3 is 15.4 Å². The van der Waals surface area contributed by atoms with E-state index in [4.69, 9.17) is 0 Å². The Bertz CT molecular complexity index is 1280. The maximum absolute atomic E-state index is 12.3. The highest BCUT2D eigenvalue weighted by Gasteiger charge is 2.31. The molecule has 2 N–H and O–H groups in total. The molecule has 32 heavy (non-hydrogen) atoms. The minimum absolute atomic E-state index is 0.0686.